The van der Waals surface area contributed by atoms with Crippen LogP contribution < -0.4 is 0 Å². The van der Waals surface area contributed by atoms with E-state index < -0.39 is 0 Å². The molecular weight excluding hydrogens is 178 g/mol. The Morgan fingerprint density at radius 1 is 1.43 bits per heavy atom. The smallest absolute Gasteiger partial charge is 0.102 e. The highest BCUT2D eigenvalue weighted by atomic mass is 16.5. The van der Waals surface area contributed by atoms with Gasteiger partial charge in [0.25, 0.3) is 0 Å². The van der Waals surface area contributed by atoms with Crippen LogP contribution in [0.25, 0.3) is 0 Å². The molecule has 1 N–H and O–H groups in total. The molecule has 1 fully saturated rings. The molecule has 1 heterocycles. The summed E-state index contributed by atoms with van der Waals surface area (Å²) in [5, 5.41) is 9.16. The standard InChI is InChI=1S/C11H15NO2/c1-12-8-14-10(7-13)11(12)9-5-3-2-4-6-9/h2-6,10-11,13H,7-8H2,1H3/t10-,11+/m0/s1. The molecule has 1 aromatic rings. The van der Waals surface area contributed by atoms with E-state index in [-0.39, 0.29) is 18.8 Å². The summed E-state index contributed by atoms with van der Waals surface area (Å²) in [6.07, 6.45) is -0.0950. The number of benzene rings is 1. The van der Waals surface area contributed by atoms with Gasteiger partial charge in [-0.2, -0.15) is 0 Å². The van der Waals surface area contributed by atoms with Crippen LogP contribution in [0.5, 0.6) is 0 Å². The molecule has 1 saturated heterocycles. The third kappa shape index (κ3) is 1.66. The SMILES string of the molecule is CN1CO[C@@H](CO)[C@H]1c1ccccc1. The van der Waals surface area contributed by atoms with Gasteiger partial charge in [0.05, 0.1) is 19.4 Å². The minimum atomic E-state index is -0.0950. The van der Waals surface area contributed by atoms with E-state index >= 15 is 0 Å². The molecule has 1 aliphatic rings. The summed E-state index contributed by atoms with van der Waals surface area (Å²) in [4.78, 5) is 2.11. The van der Waals surface area contributed by atoms with Crippen molar-refractivity contribution >= 4 is 0 Å². The second-order valence-electron chi connectivity index (χ2n) is 3.63. The lowest BCUT2D eigenvalue weighted by Gasteiger charge is -2.21. The van der Waals surface area contributed by atoms with Crippen LogP contribution in [0, 0.1) is 0 Å². The molecule has 2 rings (SSSR count). The van der Waals surface area contributed by atoms with Crippen LogP contribution in [0.15, 0.2) is 30.3 Å². The number of likely N-dealkylation sites (N-methyl/N-ethyl adjacent to an activating group) is 1. The van der Waals surface area contributed by atoms with Gasteiger partial charge >= 0.3 is 0 Å². The minimum absolute atomic E-state index is 0.0733. The maximum Gasteiger partial charge on any atom is 0.102 e. The number of aliphatic hydroxyl groups excluding tert-OH is 1. The first-order chi connectivity index (χ1) is 6.83. The van der Waals surface area contributed by atoms with E-state index in [2.05, 4.69) is 17.0 Å². The van der Waals surface area contributed by atoms with Gasteiger partial charge in [-0.25, -0.2) is 0 Å². The van der Waals surface area contributed by atoms with Crippen molar-refractivity contribution in [3.8, 4) is 0 Å². The van der Waals surface area contributed by atoms with E-state index in [1.807, 2.05) is 25.2 Å². The molecule has 0 spiro atoms. The normalized spacial score (nSPS) is 28.1. The van der Waals surface area contributed by atoms with E-state index in [0.717, 1.165) is 0 Å². The van der Waals surface area contributed by atoms with Crippen LogP contribution in [-0.2, 0) is 4.74 Å². The molecule has 0 aromatic heterocycles. The van der Waals surface area contributed by atoms with Gasteiger partial charge in [0.2, 0.25) is 0 Å². The van der Waals surface area contributed by atoms with Gasteiger partial charge in [-0.3, -0.25) is 4.90 Å². The highest BCUT2D eigenvalue weighted by Gasteiger charge is 2.33. The van der Waals surface area contributed by atoms with E-state index in [9.17, 15) is 0 Å². The molecule has 0 radical (unpaired) electrons. The molecule has 0 unspecified atom stereocenters. The van der Waals surface area contributed by atoms with Crippen molar-refractivity contribution in [1.82, 2.24) is 4.90 Å². The van der Waals surface area contributed by atoms with E-state index in [4.69, 9.17) is 9.84 Å². The number of rotatable bonds is 2. The summed E-state index contributed by atoms with van der Waals surface area (Å²) in [6.45, 7) is 0.661. The fourth-order valence-corrected chi connectivity index (χ4v) is 1.94. The zero-order chi connectivity index (χ0) is 9.97. The van der Waals surface area contributed by atoms with Crippen molar-refractivity contribution in [2.75, 3.05) is 20.4 Å². The maximum absolute atomic E-state index is 9.16. The molecule has 76 valence electrons. The van der Waals surface area contributed by atoms with Crippen molar-refractivity contribution in [2.45, 2.75) is 12.1 Å². The van der Waals surface area contributed by atoms with Crippen molar-refractivity contribution in [3.63, 3.8) is 0 Å². The average molecular weight is 193 g/mol. The monoisotopic (exact) mass is 193 g/mol. The van der Waals surface area contributed by atoms with Gasteiger partial charge in [0.15, 0.2) is 0 Å². The highest BCUT2D eigenvalue weighted by molar-refractivity contribution is 5.21. The Bertz CT molecular complexity index is 289. The largest absolute Gasteiger partial charge is 0.394 e. The Labute approximate surface area is 83.9 Å². The summed E-state index contributed by atoms with van der Waals surface area (Å²) < 4.78 is 5.46. The quantitative estimate of drug-likeness (QED) is 0.760. The summed E-state index contributed by atoms with van der Waals surface area (Å²) in [5.74, 6) is 0. The van der Waals surface area contributed by atoms with Crippen molar-refractivity contribution in [3.05, 3.63) is 35.9 Å². The van der Waals surface area contributed by atoms with Crippen LogP contribution in [0.2, 0.25) is 0 Å². The first-order valence-electron chi connectivity index (χ1n) is 4.80. The van der Waals surface area contributed by atoms with Gasteiger partial charge in [-0.05, 0) is 12.6 Å². The zero-order valence-electron chi connectivity index (χ0n) is 8.26. The maximum atomic E-state index is 9.16. The number of nitrogens with zero attached hydrogens (tertiary/aromatic N) is 1. The second kappa shape index (κ2) is 4.09. The number of ether oxygens (including phenoxy) is 1. The summed E-state index contributed by atoms with van der Waals surface area (Å²) in [7, 11) is 2.01. The molecule has 14 heavy (non-hydrogen) atoms. The predicted octanol–water partition coefficient (Wildman–Crippen LogP) is 1.01. The van der Waals surface area contributed by atoms with E-state index in [1.165, 1.54) is 5.56 Å². The Hall–Kier alpha value is -0.900. The van der Waals surface area contributed by atoms with E-state index in [1.54, 1.807) is 0 Å². The minimum Gasteiger partial charge on any atom is -0.394 e. The second-order valence-corrected chi connectivity index (χ2v) is 3.63. The molecule has 2 atom stereocenters. The van der Waals surface area contributed by atoms with Crippen LogP contribution >= 0.6 is 0 Å². The Kier molecular flexibility index (Phi) is 2.82. The van der Waals surface area contributed by atoms with Crippen molar-refractivity contribution < 1.29 is 9.84 Å². The van der Waals surface area contributed by atoms with Crippen LogP contribution in [0.1, 0.15) is 11.6 Å². The van der Waals surface area contributed by atoms with Crippen LogP contribution in [0.3, 0.4) is 0 Å². The first kappa shape index (κ1) is 9.65. The Morgan fingerprint density at radius 2 is 2.14 bits per heavy atom. The van der Waals surface area contributed by atoms with Crippen molar-refractivity contribution in [1.29, 1.82) is 0 Å². The Balaban J connectivity index is 2.23. The van der Waals surface area contributed by atoms with Gasteiger partial charge in [-0.15, -0.1) is 0 Å². The van der Waals surface area contributed by atoms with Crippen LogP contribution in [-0.4, -0.2) is 36.5 Å². The lowest BCUT2D eigenvalue weighted by Crippen LogP contribution is -2.26. The molecule has 0 bridgehead atoms. The van der Waals surface area contributed by atoms with Crippen LogP contribution in [0.4, 0.5) is 0 Å². The molecule has 0 aliphatic carbocycles. The molecule has 1 aromatic carbocycles. The molecule has 1 aliphatic heterocycles. The number of hydrogen-bond acceptors (Lipinski definition) is 3. The summed E-state index contributed by atoms with van der Waals surface area (Å²) in [5.41, 5.74) is 1.20. The molecule has 3 heteroatoms. The lowest BCUT2D eigenvalue weighted by atomic mass is 10.0. The fraction of sp³-hybridized carbons (Fsp3) is 0.455. The summed E-state index contributed by atoms with van der Waals surface area (Å²) >= 11 is 0. The first-order valence-corrected chi connectivity index (χ1v) is 4.80. The third-order valence-electron chi connectivity index (χ3n) is 2.64. The molecule has 0 saturated carbocycles. The summed E-state index contributed by atoms with van der Waals surface area (Å²) in [6, 6.07) is 10.3. The van der Waals surface area contributed by atoms with Gasteiger partial charge < -0.3 is 9.84 Å². The zero-order valence-corrected chi connectivity index (χ0v) is 8.26. The van der Waals surface area contributed by atoms with E-state index in [0.29, 0.717) is 6.73 Å². The molecular formula is C11H15NO2. The topological polar surface area (TPSA) is 32.7 Å². The highest BCUT2D eigenvalue weighted by Crippen LogP contribution is 2.29. The Morgan fingerprint density at radius 3 is 2.79 bits per heavy atom. The van der Waals surface area contributed by atoms with Gasteiger partial charge in [0, 0.05) is 0 Å². The number of hydrogen-bond donors (Lipinski definition) is 1. The predicted molar refractivity (Wildman–Crippen MR) is 53.8 cm³/mol. The van der Waals surface area contributed by atoms with Crippen molar-refractivity contribution in [2.24, 2.45) is 0 Å². The van der Waals surface area contributed by atoms with Gasteiger partial charge in [0.1, 0.15) is 6.10 Å². The van der Waals surface area contributed by atoms with Gasteiger partial charge in [-0.1, -0.05) is 30.3 Å². The fourth-order valence-electron chi connectivity index (χ4n) is 1.94. The number of aliphatic hydroxyl groups is 1. The molecule has 0 amide bonds. The third-order valence-corrected chi connectivity index (χ3v) is 2.64. The molecule has 3 nitrogen and oxygen atoms in total. The average Bonchev–Trinajstić information content (AvgIpc) is 2.61. The lowest BCUT2D eigenvalue weighted by molar-refractivity contribution is 0.0484.